The van der Waals surface area contributed by atoms with Crippen molar-refractivity contribution in [3.63, 3.8) is 0 Å². The van der Waals surface area contributed by atoms with E-state index in [0.717, 1.165) is 32.5 Å². The Morgan fingerprint density at radius 3 is 2.32 bits per heavy atom. The number of halogens is 1. The molecule has 0 saturated carbocycles. The first-order valence-corrected chi connectivity index (χ1v) is 7.18. The summed E-state index contributed by atoms with van der Waals surface area (Å²) in [7, 11) is 0. The number of hydrogen-bond acceptors (Lipinski definition) is 3. The fourth-order valence-corrected chi connectivity index (χ4v) is 2.65. The standard InChI is InChI=1S/C14H25FN2O2/c1-14(2,3)19-13(18)17-6-4-11(5-7-17)8-16-9-12(15)10-16/h11-12H,4-10H2,1-3H3. The number of nitrogens with zero attached hydrogens (tertiary/aromatic N) is 2. The first-order chi connectivity index (χ1) is 8.83. The van der Waals surface area contributed by atoms with Gasteiger partial charge in [-0.2, -0.15) is 0 Å². The largest absolute Gasteiger partial charge is 0.444 e. The number of ether oxygens (including phenoxy) is 1. The van der Waals surface area contributed by atoms with Gasteiger partial charge in [-0.1, -0.05) is 0 Å². The summed E-state index contributed by atoms with van der Waals surface area (Å²) in [6.45, 7) is 9.32. The van der Waals surface area contributed by atoms with Crippen LogP contribution in [-0.2, 0) is 4.74 Å². The van der Waals surface area contributed by atoms with Gasteiger partial charge in [-0.15, -0.1) is 0 Å². The second-order valence-electron chi connectivity index (χ2n) is 6.73. The average molecular weight is 272 g/mol. The van der Waals surface area contributed by atoms with Crippen molar-refractivity contribution in [2.24, 2.45) is 5.92 Å². The van der Waals surface area contributed by atoms with Gasteiger partial charge >= 0.3 is 6.09 Å². The Bertz CT molecular complexity index is 316. The van der Waals surface area contributed by atoms with Crippen LogP contribution in [-0.4, -0.2) is 60.4 Å². The second kappa shape index (κ2) is 5.65. The van der Waals surface area contributed by atoms with E-state index in [1.165, 1.54) is 0 Å². The molecule has 2 heterocycles. The number of carbonyl (C=O) groups excluding carboxylic acids is 1. The summed E-state index contributed by atoms with van der Waals surface area (Å²) < 4.78 is 18.1. The van der Waals surface area contributed by atoms with Gasteiger partial charge in [-0.3, -0.25) is 4.90 Å². The van der Waals surface area contributed by atoms with Crippen LogP contribution in [0.3, 0.4) is 0 Å². The molecule has 4 nitrogen and oxygen atoms in total. The monoisotopic (exact) mass is 272 g/mol. The van der Waals surface area contributed by atoms with Crippen molar-refractivity contribution in [2.75, 3.05) is 32.7 Å². The van der Waals surface area contributed by atoms with Gasteiger partial charge in [0.2, 0.25) is 0 Å². The highest BCUT2D eigenvalue weighted by atomic mass is 19.1. The average Bonchev–Trinajstić information content (AvgIpc) is 2.25. The molecule has 2 fully saturated rings. The molecule has 19 heavy (non-hydrogen) atoms. The number of alkyl halides is 1. The molecule has 0 spiro atoms. The van der Waals surface area contributed by atoms with Gasteiger partial charge < -0.3 is 9.64 Å². The molecule has 2 rings (SSSR count). The van der Waals surface area contributed by atoms with E-state index in [0.29, 0.717) is 19.0 Å². The Balaban J connectivity index is 1.68. The van der Waals surface area contributed by atoms with Crippen LogP contribution < -0.4 is 0 Å². The topological polar surface area (TPSA) is 32.8 Å². The van der Waals surface area contributed by atoms with Crippen LogP contribution >= 0.6 is 0 Å². The number of rotatable bonds is 2. The smallest absolute Gasteiger partial charge is 0.410 e. The summed E-state index contributed by atoms with van der Waals surface area (Å²) in [5, 5.41) is 0. The molecule has 0 bridgehead atoms. The third-order valence-corrected chi connectivity index (χ3v) is 3.70. The van der Waals surface area contributed by atoms with Crippen LogP contribution in [0.25, 0.3) is 0 Å². The van der Waals surface area contributed by atoms with Gasteiger partial charge in [0.25, 0.3) is 0 Å². The van der Waals surface area contributed by atoms with Crippen LogP contribution in [0.5, 0.6) is 0 Å². The molecular formula is C14H25FN2O2. The molecular weight excluding hydrogens is 247 g/mol. The van der Waals surface area contributed by atoms with E-state index in [2.05, 4.69) is 4.90 Å². The minimum absolute atomic E-state index is 0.210. The molecule has 0 aliphatic carbocycles. The lowest BCUT2D eigenvalue weighted by Crippen LogP contribution is -2.51. The quantitative estimate of drug-likeness (QED) is 0.773. The molecule has 1 amide bonds. The molecule has 0 radical (unpaired) electrons. The zero-order valence-electron chi connectivity index (χ0n) is 12.2. The highest BCUT2D eigenvalue weighted by molar-refractivity contribution is 5.68. The summed E-state index contributed by atoms with van der Waals surface area (Å²) in [5.74, 6) is 0.589. The van der Waals surface area contributed by atoms with Crippen LogP contribution in [0.4, 0.5) is 9.18 Å². The highest BCUT2D eigenvalue weighted by Gasteiger charge is 2.31. The molecule has 5 heteroatoms. The van der Waals surface area contributed by atoms with Gasteiger partial charge in [0.1, 0.15) is 11.8 Å². The van der Waals surface area contributed by atoms with Gasteiger partial charge in [-0.25, -0.2) is 9.18 Å². The minimum Gasteiger partial charge on any atom is -0.444 e. The highest BCUT2D eigenvalue weighted by Crippen LogP contribution is 2.23. The van der Waals surface area contributed by atoms with Crippen molar-refractivity contribution in [1.82, 2.24) is 9.80 Å². The van der Waals surface area contributed by atoms with E-state index in [1.807, 2.05) is 20.8 Å². The predicted molar refractivity (Wildman–Crippen MR) is 71.9 cm³/mol. The SMILES string of the molecule is CC(C)(C)OC(=O)N1CCC(CN2CC(F)C2)CC1. The van der Waals surface area contributed by atoms with E-state index < -0.39 is 11.8 Å². The lowest BCUT2D eigenvalue weighted by atomic mass is 9.95. The van der Waals surface area contributed by atoms with E-state index in [9.17, 15) is 9.18 Å². The molecule has 0 aromatic carbocycles. The molecule has 0 atom stereocenters. The maximum absolute atomic E-state index is 12.7. The molecule has 2 aliphatic heterocycles. The summed E-state index contributed by atoms with van der Waals surface area (Å²) in [5.41, 5.74) is -0.429. The van der Waals surface area contributed by atoms with Crippen molar-refractivity contribution in [2.45, 2.75) is 45.4 Å². The number of hydrogen-bond donors (Lipinski definition) is 0. The van der Waals surface area contributed by atoms with Crippen LogP contribution in [0, 0.1) is 5.92 Å². The Kier molecular flexibility index (Phi) is 4.33. The van der Waals surface area contributed by atoms with E-state index >= 15 is 0 Å². The maximum atomic E-state index is 12.7. The molecule has 2 aliphatic rings. The van der Waals surface area contributed by atoms with Crippen molar-refractivity contribution in [3.8, 4) is 0 Å². The minimum atomic E-state index is -0.623. The van der Waals surface area contributed by atoms with Crippen LogP contribution in [0.1, 0.15) is 33.6 Å². The number of piperidine rings is 1. The molecule has 0 aromatic rings. The Morgan fingerprint density at radius 2 is 1.84 bits per heavy atom. The van der Waals surface area contributed by atoms with E-state index in [4.69, 9.17) is 4.74 Å². The molecule has 0 aromatic heterocycles. The zero-order valence-corrected chi connectivity index (χ0v) is 12.2. The van der Waals surface area contributed by atoms with Crippen molar-refractivity contribution < 1.29 is 13.9 Å². The Hall–Kier alpha value is -0.840. The first-order valence-electron chi connectivity index (χ1n) is 7.18. The lowest BCUT2D eigenvalue weighted by molar-refractivity contribution is 0.0108. The van der Waals surface area contributed by atoms with Crippen molar-refractivity contribution in [3.05, 3.63) is 0 Å². The molecule has 2 saturated heterocycles. The second-order valence-corrected chi connectivity index (χ2v) is 6.73. The number of likely N-dealkylation sites (tertiary alicyclic amines) is 2. The van der Waals surface area contributed by atoms with Gasteiger partial charge in [0.05, 0.1) is 0 Å². The van der Waals surface area contributed by atoms with Crippen LogP contribution in [0.15, 0.2) is 0 Å². The summed E-state index contributed by atoms with van der Waals surface area (Å²) in [6.07, 6.45) is 1.15. The summed E-state index contributed by atoms with van der Waals surface area (Å²) in [4.78, 5) is 15.8. The van der Waals surface area contributed by atoms with Crippen LogP contribution in [0.2, 0.25) is 0 Å². The Morgan fingerprint density at radius 1 is 1.26 bits per heavy atom. The Labute approximate surface area is 114 Å². The van der Waals surface area contributed by atoms with E-state index in [-0.39, 0.29) is 6.09 Å². The van der Waals surface area contributed by atoms with Crippen molar-refractivity contribution >= 4 is 6.09 Å². The van der Waals surface area contributed by atoms with Gasteiger partial charge in [0, 0.05) is 32.7 Å². The fraction of sp³-hybridized carbons (Fsp3) is 0.929. The third-order valence-electron chi connectivity index (χ3n) is 3.70. The molecule has 0 unspecified atom stereocenters. The number of amides is 1. The lowest BCUT2D eigenvalue weighted by Gasteiger charge is -2.39. The predicted octanol–water partition coefficient (Wildman–Crippen LogP) is 2.29. The summed E-state index contributed by atoms with van der Waals surface area (Å²) in [6, 6.07) is 0. The van der Waals surface area contributed by atoms with Gasteiger partial charge in [-0.05, 0) is 39.5 Å². The maximum Gasteiger partial charge on any atom is 0.410 e. The zero-order chi connectivity index (χ0) is 14.0. The molecule has 110 valence electrons. The summed E-state index contributed by atoms with van der Waals surface area (Å²) >= 11 is 0. The van der Waals surface area contributed by atoms with E-state index in [1.54, 1.807) is 4.90 Å². The van der Waals surface area contributed by atoms with Gasteiger partial charge in [0.15, 0.2) is 0 Å². The third kappa shape index (κ3) is 4.34. The molecule has 0 N–H and O–H groups in total. The first kappa shape index (κ1) is 14.6. The fourth-order valence-electron chi connectivity index (χ4n) is 2.65. The number of carbonyl (C=O) groups is 1. The normalized spacial score (nSPS) is 23.3. The van der Waals surface area contributed by atoms with Crippen molar-refractivity contribution in [1.29, 1.82) is 0 Å².